The number of carbonyl (C=O) groups is 2. The summed E-state index contributed by atoms with van der Waals surface area (Å²) in [5.41, 5.74) is 12.1. The van der Waals surface area contributed by atoms with Gasteiger partial charge in [-0.3, -0.25) is 9.97 Å². The van der Waals surface area contributed by atoms with Crippen LogP contribution < -0.4 is 11.5 Å². The molecule has 0 aliphatic heterocycles. The smallest absolute Gasteiger partial charge is 0.336 e. The maximum atomic E-state index is 11.4. The molecule has 8 nitrogen and oxygen atoms in total. The third-order valence-electron chi connectivity index (χ3n) is 3.09. The highest BCUT2D eigenvalue weighted by Gasteiger charge is 2.22. The standard InChI is InChI=1S/C14H14N4O4/c15-6-9(16)11-8(14(21)22)2-4-18-12(11)10-5-7(13(19)20)1-3-17-10/h1-5,9H,6,15-16H2,(H,19,20)(H,21,22). The lowest BCUT2D eigenvalue weighted by Crippen LogP contribution is -2.24. The monoisotopic (exact) mass is 302 g/mol. The molecular formula is C14H14N4O4. The lowest BCUT2D eigenvalue weighted by atomic mass is 9.97. The zero-order valence-electron chi connectivity index (χ0n) is 11.4. The van der Waals surface area contributed by atoms with E-state index in [0.29, 0.717) is 0 Å². The van der Waals surface area contributed by atoms with E-state index >= 15 is 0 Å². The Kier molecular flexibility index (Phi) is 4.44. The van der Waals surface area contributed by atoms with E-state index in [1.54, 1.807) is 0 Å². The summed E-state index contributed by atoms with van der Waals surface area (Å²) in [7, 11) is 0. The van der Waals surface area contributed by atoms with E-state index in [1.807, 2.05) is 0 Å². The molecule has 0 aliphatic rings. The van der Waals surface area contributed by atoms with Crippen LogP contribution in [0.1, 0.15) is 32.3 Å². The van der Waals surface area contributed by atoms with Crippen molar-refractivity contribution < 1.29 is 19.8 Å². The van der Waals surface area contributed by atoms with Crippen molar-refractivity contribution in [2.45, 2.75) is 6.04 Å². The van der Waals surface area contributed by atoms with Crippen molar-refractivity contribution in [1.29, 1.82) is 0 Å². The Morgan fingerprint density at radius 1 is 1.14 bits per heavy atom. The molecule has 2 heterocycles. The fourth-order valence-corrected chi connectivity index (χ4v) is 2.05. The lowest BCUT2D eigenvalue weighted by molar-refractivity contribution is 0.0685. The van der Waals surface area contributed by atoms with Crippen LogP contribution in [0.5, 0.6) is 0 Å². The molecule has 2 aromatic rings. The summed E-state index contributed by atoms with van der Waals surface area (Å²) < 4.78 is 0. The molecule has 0 radical (unpaired) electrons. The summed E-state index contributed by atoms with van der Waals surface area (Å²) >= 11 is 0. The van der Waals surface area contributed by atoms with Crippen LogP contribution >= 0.6 is 0 Å². The molecule has 0 saturated carbocycles. The van der Waals surface area contributed by atoms with Gasteiger partial charge in [0.15, 0.2) is 0 Å². The number of pyridine rings is 2. The number of hydrogen-bond donors (Lipinski definition) is 4. The van der Waals surface area contributed by atoms with Crippen LogP contribution in [0.3, 0.4) is 0 Å². The molecular weight excluding hydrogens is 288 g/mol. The van der Waals surface area contributed by atoms with Crippen molar-refractivity contribution in [3.8, 4) is 11.4 Å². The van der Waals surface area contributed by atoms with Gasteiger partial charge in [-0.05, 0) is 18.2 Å². The first kappa shape index (κ1) is 15.5. The molecule has 1 atom stereocenters. The summed E-state index contributed by atoms with van der Waals surface area (Å²) in [5.74, 6) is -2.29. The second-order valence-corrected chi connectivity index (χ2v) is 4.50. The topological polar surface area (TPSA) is 152 Å². The Hall–Kier alpha value is -2.84. The number of hydrogen-bond acceptors (Lipinski definition) is 6. The van der Waals surface area contributed by atoms with E-state index < -0.39 is 18.0 Å². The number of nitrogens with zero attached hydrogens (tertiary/aromatic N) is 2. The minimum absolute atomic E-state index is 0.0115. The van der Waals surface area contributed by atoms with Gasteiger partial charge in [0.25, 0.3) is 0 Å². The number of aromatic carboxylic acids is 2. The van der Waals surface area contributed by atoms with Gasteiger partial charge in [-0.2, -0.15) is 0 Å². The van der Waals surface area contributed by atoms with Crippen LogP contribution in [-0.4, -0.2) is 38.7 Å². The van der Waals surface area contributed by atoms with Crippen LogP contribution in [0.15, 0.2) is 30.6 Å². The summed E-state index contributed by atoms with van der Waals surface area (Å²) in [6.07, 6.45) is 2.62. The Morgan fingerprint density at radius 3 is 2.41 bits per heavy atom. The van der Waals surface area contributed by atoms with Gasteiger partial charge in [0, 0.05) is 30.5 Å². The zero-order valence-corrected chi connectivity index (χ0v) is 11.4. The van der Waals surface area contributed by atoms with Gasteiger partial charge in [-0.25, -0.2) is 9.59 Å². The van der Waals surface area contributed by atoms with Gasteiger partial charge in [0.05, 0.1) is 22.5 Å². The van der Waals surface area contributed by atoms with Gasteiger partial charge in [-0.1, -0.05) is 0 Å². The summed E-state index contributed by atoms with van der Waals surface area (Å²) in [6, 6.07) is 3.20. The average molecular weight is 302 g/mol. The third kappa shape index (κ3) is 2.92. The molecule has 0 aliphatic carbocycles. The summed E-state index contributed by atoms with van der Waals surface area (Å²) in [5, 5.41) is 18.3. The van der Waals surface area contributed by atoms with E-state index in [4.69, 9.17) is 16.6 Å². The largest absolute Gasteiger partial charge is 0.478 e. The van der Waals surface area contributed by atoms with Gasteiger partial charge in [0.2, 0.25) is 0 Å². The first-order valence-corrected chi connectivity index (χ1v) is 6.33. The number of carboxylic acids is 2. The van der Waals surface area contributed by atoms with E-state index in [2.05, 4.69) is 9.97 Å². The van der Waals surface area contributed by atoms with Gasteiger partial charge < -0.3 is 21.7 Å². The van der Waals surface area contributed by atoms with Crippen LogP contribution in [0.4, 0.5) is 0 Å². The first-order valence-electron chi connectivity index (χ1n) is 6.33. The SMILES string of the molecule is NCC(N)c1c(C(=O)O)ccnc1-c1cc(C(=O)O)ccn1. The van der Waals surface area contributed by atoms with Crippen LogP contribution in [0, 0.1) is 0 Å². The maximum Gasteiger partial charge on any atom is 0.336 e. The quantitative estimate of drug-likeness (QED) is 0.622. The highest BCUT2D eigenvalue weighted by atomic mass is 16.4. The Bertz CT molecular complexity index is 733. The number of carboxylic acid groups (broad SMARTS) is 2. The Morgan fingerprint density at radius 2 is 1.82 bits per heavy atom. The molecule has 8 heteroatoms. The maximum absolute atomic E-state index is 11.4. The molecule has 22 heavy (non-hydrogen) atoms. The minimum atomic E-state index is -1.17. The molecule has 0 spiro atoms. The molecule has 114 valence electrons. The van der Waals surface area contributed by atoms with E-state index in [0.717, 1.165) is 0 Å². The average Bonchev–Trinajstić information content (AvgIpc) is 2.53. The lowest BCUT2D eigenvalue weighted by Gasteiger charge is -2.16. The van der Waals surface area contributed by atoms with Crippen molar-refractivity contribution in [2.24, 2.45) is 11.5 Å². The Labute approximate surface area is 125 Å². The predicted molar refractivity (Wildman–Crippen MR) is 77.4 cm³/mol. The van der Waals surface area contributed by atoms with Crippen LogP contribution in [-0.2, 0) is 0 Å². The fourth-order valence-electron chi connectivity index (χ4n) is 2.05. The fraction of sp³-hybridized carbons (Fsp3) is 0.143. The number of rotatable bonds is 5. The van der Waals surface area contributed by atoms with Crippen LogP contribution in [0.25, 0.3) is 11.4 Å². The molecule has 2 rings (SSSR count). The van der Waals surface area contributed by atoms with Gasteiger partial charge >= 0.3 is 11.9 Å². The predicted octanol–water partition coefficient (Wildman–Crippen LogP) is 0.498. The molecule has 0 amide bonds. The molecule has 0 bridgehead atoms. The summed E-state index contributed by atoms with van der Waals surface area (Å²) in [4.78, 5) is 30.6. The van der Waals surface area contributed by atoms with E-state index in [9.17, 15) is 14.7 Å². The van der Waals surface area contributed by atoms with Crippen LogP contribution in [0.2, 0.25) is 0 Å². The second-order valence-electron chi connectivity index (χ2n) is 4.50. The molecule has 0 fully saturated rings. The second kappa shape index (κ2) is 6.29. The van der Waals surface area contributed by atoms with E-state index in [1.165, 1.54) is 30.6 Å². The number of aromatic nitrogens is 2. The number of nitrogens with two attached hydrogens (primary N) is 2. The van der Waals surface area contributed by atoms with Crippen molar-refractivity contribution in [2.75, 3.05) is 6.54 Å². The minimum Gasteiger partial charge on any atom is -0.478 e. The van der Waals surface area contributed by atoms with Crippen molar-refractivity contribution >= 4 is 11.9 Å². The van der Waals surface area contributed by atoms with Gasteiger partial charge in [0.1, 0.15) is 0 Å². The third-order valence-corrected chi connectivity index (χ3v) is 3.09. The molecule has 1 unspecified atom stereocenters. The zero-order chi connectivity index (χ0) is 16.3. The van der Waals surface area contributed by atoms with E-state index in [-0.39, 0.29) is 34.6 Å². The van der Waals surface area contributed by atoms with Crippen molar-refractivity contribution in [3.05, 3.63) is 47.3 Å². The Balaban J connectivity index is 2.69. The molecule has 0 saturated heterocycles. The van der Waals surface area contributed by atoms with Crippen molar-refractivity contribution in [1.82, 2.24) is 9.97 Å². The molecule has 6 N–H and O–H groups in total. The van der Waals surface area contributed by atoms with Crippen molar-refractivity contribution in [3.63, 3.8) is 0 Å². The first-order chi connectivity index (χ1) is 10.5. The molecule has 0 aromatic carbocycles. The molecule has 2 aromatic heterocycles. The highest BCUT2D eigenvalue weighted by Crippen LogP contribution is 2.27. The summed E-state index contributed by atoms with van der Waals surface area (Å²) in [6.45, 7) is 0.0115. The normalized spacial score (nSPS) is 11.9. The van der Waals surface area contributed by atoms with Gasteiger partial charge in [-0.15, -0.1) is 0 Å². The highest BCUT2D eigenvalue weighted by molar-refractivity contribution is 5.92.